The molecule has 0 aliphatic rings. The molecule has 0 heterocycles. The van der Waals surface area contributed by atoms with E-state index in [2.05, 4.69) is 44.2 Å². The fraction of sp³-hybridized carbons (Fsp3) is 0.625. The maximum absolute atomic E-state index is 10.2. The summed E-state index contributed by atoms with van der Waals surface area (Å²) in [7, 11) is 2.15. The van der Waals surface area contributed by atoms with Gasteiger partial charge < -0.3 is 10.0 Å². The number of aryl methyl sites for hydroxylation is 1. The van der Waals surface area contributed by atoms with Crippen LogP contribution in [0.4, 0.5) is 0 Å². The maximum Gasteiger partial charge on any atom is 0.0802 e. The van der Waals surface area contributed by atoms with Crippen molar-refractivity contribution in [3.63, 3.8) is 0 Å². The van der Waals surface area contributed by atoms with E-state index in [9.17, 15) is 5.11 Å². The molecule has 0 aliphatic carbocycles. The minimum Gasteiger partial charge on any atom is -0.388 e. The number of rotatable bonds is 8. The second-order valence-electron chi connectivity index (χ2n) is 5.33. The van der Waals surface area contributed by atoms with Crippen molar-refractivity contribution >= 4 is 11.8 Å². The van der Waals surface area contributed by atoms with Crippen molar-refractivity contribution in [3.8, 4) is 0 Å². The first-order chi connectivity index (χ1) is 9.04. The highest BCUT2D eigenvalue weighted by Crippen LogP contribution is 2.18. The Morgan fingerprint density at radius 3 is 2.68 bits per heavy atom. The van der Waals surface area contributed by atoms with E-state index < -0.39 is 0 Å². The zero-order valence-corrected chi connectivity index (χ0v) is 13.4. The van der Waals surface area contributed by atoms with E-state index in [1.807, 2.05) is 23.9 Å². The Labute approximate surface area is 122 Å². The van der Waals surface area contributed by atoms with Gasteiger partial charge in [-0.3, -0.25) is 0 Å². The molecule has 0 bridgehead atoms. The van der Waals surface area contributed by atoms with Crippen LogP contribution < -0.4 is 0 Å². The minimum atomic E-state index is -0.352. The molecule has 2 nitrogen and oxygen atoms in total. The third kappa shape index (κ3) is 5.98. The quantitative estimate of drug-likeness (QED) is 0.789. The molecule has 0 saturated heterocycles. The van der Waals surface area contributed by atoms with Gasteiger partial charge in [0, 0.05) is 12.6 Å². The predicted molar refractivity (Wildman–Crippen MR) is 85.8 cm³/mol. The number of benzene rings is 1. The van der Waals surface area contributed by atoms with Crippen molar-refractivity contribution in [1.29, 1.82) is 0 Å². The van der Waals surface area contributed by atoms with Crippen LogP contribution in [0.15, 0.2) is 24.3 Å². The van der Waals surface area contributed by atoms with Crippen molar-refractivity contribution in [2.75, 3.05) is 25.6 Å². The van der Waals surface area contributed by atoms with Crippen LogP contribution >= 0.6 is 11.8 Å². The summed E-state index contributed by atoms with van der Waals surface area (Å²) >= 11 is 1.89. The van der Waals surface area contributed by atoms with Crippen LogP contribution in [-0.2, 0) is 0 Å². The lowest BCUT2D eigenvalue weighted by molar-refractivity contribution is 0.138. The standard InChI is InChI=1S/C16H27NOS/c1-13-6-5-7-15(12-13)16(18)8-10-17(3)14(2)9-11-19-4/h5-7,12,14,16,18H,8-11H2,1-4H3. The summed E-state index contributed by atoms with van der Waals surface area (Å²) in [6.07, 6.45) is 3.80. The van der Waals surface area contributed by atoms with Gasteiger partial charge in [0.1, 0.15) is 0 Å². The largest absolute Gasteiger partial charge is 0.388 e. The van der Waals surface area contributed by atoms with E-state index in [0.29, 0.717) is 6.04 Å². The second-order valence-corrected chi connectivity index (χ2v) is 6.32. The Hall–Kier alpha value is -0.510. The molecule has 0 saturated carbocycles. The van der Waals surface area contributed by atoms with Crippen LogP contribution in [0.25, 0.3) is 0 Å². The number of aliphatic hydroxyl groups is 1. The fourth-order valence-corrected chi connectivity index (χ4v) is 2.68. The van der Waals surface area contributed by atoms with Crippen LogP contribution in [0, 0.1) is 6.92 Å². The normalized spacial score (nSPS) is 14.6. The second kappa shape index (κ2) is 8.62. The molecule has 0 spiro atoms. The number of hydrogen-bond donors (Lipinski definition) is 1. The molecule has 1 aromatic rings. The van der Waals surface area contributed by atoms with Crippen LogP contribution in [0.1, 0.15) is 37.0 Å². The topological polar surface area (TPSA) is 23.5 Å². The van der Waals surface area contributed by atoms with Gasteiger partial charge in [0.15, 0.2) is 0 Å². The molecule has 0 radical (unpaired) electrons. The third-order valence-electron chi connectivity index (χ3n) is 3.67. The molecule has 0 aliphatic heterocycles. The van der Waals surface area contributed by atoms with Crippen LogP contribution in [0.3, 0.4) is 0 Å². The van der Waals surface area contributed by atoms with Crippen molar-refractivity contribution in [3.05, 3.63) is 35.4 Å². The van der Waals surface area contributed by atoms with E-state index in [1.165, 1.54) is 17.7 Å². The molecule has 19 heavy (non-hydrogen) atoms. The molecule has 2 unspecified atom stereocenters. The maximum atomic E-state index is 10.2. The van der Waals surface area contributed by atoms with E-state index >= 15 is 0 Å². The van der Waals surface area contributed by atoms with Gasteiger partial charge in [-0.15, -0.1) is 0 Å². The van der Waals surface area contributed by atoms with Crippen molar-refractivity contribution in [1.82, 2.24) is 4.90 Å². The fourth-order valence-electron chi connectivity index (χ4n) is 2.10. The molecular weight excluding hydrogens is 254 g/mol. The summed E-state index contributed by atoms with van der Waals surface area (Å²) in [5.74, 6) is 1.20. The minimum absolute atomic E-state index is 0.352. The molecule has 1 N–H and O–H groups in total. The summed E-state index contributed by atoms with van der Waals surface area (Å²) in [6.45, 7) is 5.26. The molecule has 2 atom stereocenters. The summed E-state index contributed by atoms with van der Waals surface area (Å²) in [4.78, 5) is 2.34. The number of aliphatic hydroxyl groups excluding tert-OH is 1. The first-order valence-corrected chi connectivity index (χ1v) is 8.37. The van der Waals surface area contributed by atoms with Crippen LogP contribution in [-0.4, -0.2) is 41.6 Å². The zero-order valence-electron chi connectivity index (χ0n) is 12.6. The van der Waals surface area contributed by atoms with Crippen molar-refractivity contribution in [2.24, 2.45) is 0 Å². The number of hydrogen-bond acceptors (Lipinski definition) is 3. The highest BCUT2D eigenvalue weighted by molar-refractivity contribution is 7.98. The van der Waals surface area contributed by atoms with Crippen LogP contribution in [0.5, 0.6) is 0 Å². The molecule has 1 aromatic carbocycles. The molecule has 0 aromatic heterocycles. The van der Waals surface area contributed by atoms with E-state index in [1.54, 1.807) is 0 Å². The van der Waals surface area contributed by atoms with Gasteiger partial charge in [0.2, 0.25) is 0 Å². The van der Waals surface area contributed by atoms with Gasteiger partial charge in [-0.05, 0) is 51.3 Å². The zero-order chi connectivity index (χ0) is 14.3. The molecule has 3 heteroatoms. The smallest absolute Gasteiger partial charge is 0.0802 e. The summed E-state index contributed by atoms with van der Waals surface area (Å²) < 4.78 is 0. The Kier molecular flexibility index (Phi) is 7.51. The summed E-state index contributed by atoms with van der Waals surface area (Å²) in [5, 5.41) is 10.2. The lowest BCUT2D eigenvalue weighted by Crippen LogP contribution is -2.31. The number of thioether (sulfide) groups is 1. The average molecular weight is 281 g/mol. The van der Waals surface area contributed by atoms with Gasteiger partial charge in [-0.25, -0.2) is 0 Å². The average Bonchev–Trinajstić information content (AvgIpc) is 2.41. The molecule has 1 rings (SSSR count). The Bertz CT molecular complexity index is 370. The lowest BCUT2D eigenvalue weighted by Gasteiger charge is -2.25. The van der Waals surface area contributed by atoms with E-state index in [0.717, 1.165) is 18.5 Å². The third-order valence-corrected chi connectivity index (χ3v) is 4.32. The Balaban J connectivity index is 2.39. The van der Waals surface area contributed by atoms with E-state index in [4.69, 9.17) is 0 Å². The molecule has 0 fully saturated rings. The van der Waals surface area contributed by atoms with Gasteiger partial charge >= 0.3 is 0 Å². The van der Waals surface area contributed by atoms with Crippen molar-refractivity contribution in [2.45, 2.75) is 38.8 Å². The first-order valence-electron chi connectivity index (χ1n) is 6.98. The monoisotopic (exact) mass is 281 g/mol. The first kappa shape index (κ1) is 16.5. The highest BCUT2D eigenvalue weighted by Gasteiger charge is 2.12. The predicted octanol–water partition coefficient (Wildman–Crippen LogP) is 3.49. The molecular formula is C16H27NOS. The van der Waals surface area contributed by atoms with Gasteiger partial charge in [0.25, 0.3) is 0 Å². The lowest BCUT2D eigenvalue weighted by atomic mass is 10.0. The summed E-state index contributed by atoms with van der Waals surface area (Å²) in [5.41, 5.74) is 2.24. The van der Waals surface area contributed by atoms with Gasteiger partial charge in [-0.1, -0.05) is 29.8 Å². The Morgan fingerprint density at radius 2 is 2.05 bits per heavy atom. The Morgan fingerprint density at radius 1 is 1.32 bits per heavy atom. The van der Waals surface area contributed by atoms with Crippen LogP contribution in [0.2, 0.25) is 0 Å². The SMILES string of the molecule is CSCCC(C)N(C)CCC(O)c1cccc(C)c1. The highest BCUT2D eigenvalue weighted by atomic mass is 32.2. The molecule has 108 valence electrons. The van der Waals surface area contributed by atoms with Crippen molar-refractivity contribution < 1.29 is 5.11 Å². The van der Waals surface area contributed by atoms with E-state index in [-0.39, 0.29) is 6.10 Å². The summed E-state index contributed by atoms with van der Waals surface area (Å²) in [6, 6.07) is 8.74. The number of nitrogens with zero attached hydrogens (tertiary/aromatic N) is 1. The molecule has 0 amide bonds. The van der Waals surface area contributed by atoms with Gasteiger partial charge in [0.05, 0.1) is 6.10 Å². The van der Waals surface area contributed by atoms with Gasteiger partial charge in [-0.2, -0.15) is 11.8 Å².